The number of nitrogens with zero attached hydrogens (tertiary/aromatic N) is 1. The maximum atomic E-state index is 13.3. The second-order valence-electron chi connectivity index (χ2n) is 7.19. The van der Waals surface area contributed by atoms with Crippen LogP contribution in [0.5, 0.6) is 5.75 Å². The highest BCUT2D eigenvalue weighted by atomic mass is 35.5. The largest absolute Gasteiger partial charge is 0.497 e. The minimum atomic E-state index is -0.273. The summed E-state index contributed by atoms with van der Waals surface area (Å²) in [4.78, 5) is 27.7. The first-order chi connectivity index (χ1) is 15.0. The molecule has 0 bridgehead atoms. The third-order valence-electron chi connectivity index (χ3n) is 5.29. The smallest absolute Gasteiger partial charge is 0.258 e. The van der Waals surface area contributed by atoms with Gasteiger partial charge in [0.25, 0.3) is 11.8 Å². The van der Waals surface area contributed by atoms with E-state index in [-0.39, 0.29) is 17.9 Å². The zero-order valence-electron chi connectivity index (χ0n) is 16.8. The molecule has 1 aliphatic rings. The lowest BCUT2D eigenvalue weighted by molar-refractivity contribution is 0.0933. The third-order valence-corrected chi connectivity index (χ3v) is 5.85. The molecule has 7 heteroatoms. The molecule has 1 aliphatic heterocycles. The van der Waals surface area contributed by atoms with Crippen LogP contribution >= 0.6 is 23.2 Å². The molecule has 1 atom stereocenters. The molecule has 4 rings (SSSR count). The number of carbonyl (C=O) groups is 2. The van der Waals surface area contributed by atoms with Crippen molar-refractivity contribution in [2.45, 2.75) is 12.5 Å². The van der Waals surface area contributed by atoms with Crippen molar-refractivity contribution in [2.24, 2.45) is 0 Å². The summed E-state index contributed by atoms with van der Waals surface area (Å²) in [6, 6.07) is 19.0. The second kappa shape index (κ2) is 9.00. The van der Waals surface area contributed by atoms with Crippen LogP contribution in [-0.4, -0.2) is 25.5 Å². The first-order valence-electron chi connectivity index (χ1n) is 9.78. The molecule has 0 saturated heterocycles. The number of hydrogen-bond donors (Lipinski definition) is 1. The molecule has 158 valence electrons. The van der Waals surface area contributed by atoms with Crippen molar-refractivity contribution in [2.75, 3.05) is 18.6 Å². The number of rotatable bonds is 4. The fourth-order valence-electron chi connectivity index (χ4n) is 3.73. The molecule has 0 aliphatic carbocycles. The van der Waals surface area contributed by atoms with Crippen LogP contribution in [0.2, 0.25) is 10.0 Å². The lowest BCUT2D eigenvalue weighted by atomic mass is 9.95. The number of nitrogens with one attached hydrogen (secondary N) is 1. The molecule has 1 unspecified atom stereocenters. The SMILES string of the molecule is COc1cccc(C(=O)N2CCC(NC(=O)c3ccccc3Cl)c3ccc(Cl)cc32)c1. The minimum absolute atomic E-state index is 0.154. The normalized spacial score (nSPS) is 15.2. The van der Waals surface area contributed by atoms with Crippen molar-refractivity contribution in [3.63, 3.8) is 0 Å². The van der Waals surface area contributed by atoms with Crippen LogP contribution < -0.4 is 15.0 Å². The molecule has 0 radical (unpaired) electrons. The van der Waals surface area contributed by atoms with Gasteiger partial charge in [0.05, 0.1) is 29.4 Å². The monoisotopic (exact) mass is 454 g/mol. The first-order valence-corrected chi connectivity index (χ1v) is 10.5. The fourth-order valence-corrected chi connectivity index (χ4v) is 4.12. The summed E-state index contributed by atoms with van der Waals surface area (Å²) in [5.41, 5.74) is 2.43. The average Bonchev–Trinajstić information content (AvgIpc) is 2.79. The van der Waals surface area contributed by atoms with Gasteiger partial charge >= 0.3 is 0 Å². The van der Waals surface area contributed by atoms with Crippen LogP contribution in [0, 0.1) is 0 Å². The van der Waals surface area contributed by atoms with Crippen LogP contribution in [0.1, 0.15) is 38.7 Å². The molecular formula is C24H20Cl2N2O3. The molecule has 0 spiro atoms. The Hall–Kier alpha value is -3.02. The van der Waals surface area contributed by atoms with Gasteiger partial charge in [-0.05, 0) is 54.4 Å². The Balaban J connectivity index is 1.64. The lowest BCUT2D eigenvalue weighted by Gasteiger charge is -2.35. The summed E-state index contributed by atoms with van der Waals surface area (Å²) in [7, 11) is 1.56. The predicted molar refractivity (Wildman–Crippen MR) is 122 cm³/mol. The second-order valence-corrected chi connectivity index (χ2v) is 8.03. The van der Waals surface area contributed by atoms with Gasteiger partial charge < -0.3 is 15.0 Å². The molecule has 3 aromatic rings. The van der Waals surface area contributed by atoms with Gasteiger partial charge in [0.1, 0.15) is 5.75 Å². The number of fused-ring (bicyclic) bond motifs is 1. The van der Waals surface area contributed by atoms with E-state index in [4.69, 9.17) is 27.9 Å². The van der Waals surface area contributed by atoms with Gasteiger partial charge in [0.2, 0.25) is 0 Å². The molecule has 1 heterocycles. The van der Waals surface area contributed by atoms with Gasteiger partial charge in [-0.1, -0.05) is 47.5 Å². The molecule has 1 N–H and O–H groups in total. The molecule has 0 saturated carbocycles. The fraction of sp³-hybridized carbons (Fsp3) is 0.167. The van der Waals surface area contributed by atoms with Crippen molar-refractivity contribution < 1.29 is 14.3 Å². The molecule has 31 heavy (non-hydrogen) atoms. The van der Waals surface area contributed by atoms with Crippen LogP contribution in [0.15, 0.2) is 66.7 Å². The average molecular weight is 455 g/mol. The van der Waals surface area contributed by atoms with Crippen LogP contribution in [-0.2, 0) is 0 Å². The number of carbonyl (C=O) groups excluding carboxylic acids is 2. The van der Waals surface area contributed by atoms with Crippen LogP contribution in [0.3, 0.4) is 0 Å². The van der Waals surface area contributed by atoms with E-state index in [1.807, 2.05) is 6.07 Å². The molecule has 0 fully saturated rings. The third kappa shape index (κ3) is 4.38. The van der Waals surface area contributed by atoms with E-state index in [9.17, 15) is 9.59 Å². The van der Waals surface area contributed by atoms with E-state index in [1.54, 1.807) is 72.7 Å². The van der Waals surface area contributed by atoms with Gasteiger partial charge in [-0.25, -0.2) is 0 Å². The van der Waals surface area contributed by atoms with E-state index < -0.39 is 0 Å². The number of halogens is 2. The molecule has 0 aromatic heterocycles. The van der Waals surface area contributed by atoms with Crippen molar-refractivity contribution in [3.05, 3.63) is 93.5 Å². The highest BCUT2D eigenvalue weighted by Crippen LogP contribution is 2.37. The zero-order valence-corrected chi connectivity index (χ0v) is 18.3. The summed E-state index contributed by atoms with van der Waals surface area (Å²) < 4.78 is 5.24. The Morgan fingerprint density at radius 2 is 1.84 bits per heavy atom. The molecule has 3 aromatic carbocycles. The zero-order chi connectivity index (χ0) is 22.0. The Morgan fingerprint density at radius 1 is 1.03 bits per heavy atom. The van der Waals surface area contributed by atoms with Crippen molar-refractivity contribution in [1.29, 1.82) is 0 Å². The molecule has 5 nitrogen and oxygen atoms in total. The first kappa shape index (κ1) is 21.2. The predicted octanol–water partition coefficient (Wildman–Crippen LogP) is 5.52. The summed E-state index contributed by atoms with van der Waals surface area (Å²) in [5, 5.41) is 3.95. The number of benzene rings is 3. The van der Waals surface area contributed by atoms with E-state index in [0.717, 1.165) is 5.56 Å². The highest BCUT2D eigenvalue weighted by Gasteiger charge is 2.31. The Kier molecular flexibility index (Phi) is 6.16. The van der Waals surface area contributed by atoms with E-state index >= 15 is 0 Å². The van der Waals surface area contributed by atoms with E-state index in [0.29, 0.717) is 45.6 Å². The summed E-state index contributed by atoms with van der Waals surface area (Å²) in [6.45, 7) is 0.427. The van der Waals surface area contributed by atoms with E-state index in [1.165, 1.54) is 0 Å². The number of ether oxygens (including phenoxy) is 1. The Bertz CT molecular complexity index is 1150. The summed E-state index contributed by atoms with van der Waals surface area (Å²) in [6.07, 6.45) is 0.556. The lowest BCUT2D eigenvalue weighted by Crippen LogP contribution is -2.41. The maximum absolute atomic E-state index is 13.3. The van der Waals surface area contributed by atoms with Crippen LogP contribution in [0.4, 0.5) is 5.69 Å². The Morgan fingerprint density at radius 3 is 2.61 bits per heavy atom. The molecular weight excluding hydrogens is 435 g/mol. The van der Waals surface area contributed by atoms with Gasteiger partial charge in [0, 0.05) is 17.1 Å². The van der Waals surface area contributed by atoms with Gasteiger partial charge in [0.15, 0.2) is 0 Å². The van der Waals surface area contributed by atoms with Crippen LogP contribution in [0.25, 0.3) is 0 Å². The minimum Gasteiger partial charge on any atom is -0.497 e. The van der Waals surface area contributed by atoms with Crippen molar-refractivity contribution in [1.82, 2.24) is 5.32 Å². The topological polar surface area (TPSA) is 58.6 Å². The quantitative estimate of drug-likeness (QED) is 0.564. The highest BCUT2D eigenvalue weighted by molar-refractivity contribution is 6.33. The van der Waals surface area contributed by atoms with Gasteiger partial charge in [-0.2, -0.15) is 0 Å². The maximum Gasteiger partial charge on any atom is 0.258 e. The van der Waals surface area contributed by atoms with E-state index in [2.05, 4.69) is 5.32 Å². The summed E-state index contributed by atoms with van der Waals surface area (Å²) >= 11 is 12.4. The number of amides is 2. The van der Waals surface area contributed by atoms with Crippen molar-refractivity contribution in [3.8, 4) is 5.75 Å². The van der Waals surface area contributed by atoms with Gasteiger partial charge in [-0.15, -0.1) is 0 Å². The van der Waals surface area contributed by atoms with Gasteiger partial charge in [-0.3, -0.25) is 9.59 Å². The molecule has 2 amide bonds. The Labute approximate surface area is 190 Å². The van der Waals surface area contributed by atoms with Crippen molar-refractivity contribution >= 4 is 40.7 Å². The standard InChI is InChI=1S/C24H20Cl2N2O3/c1-31-17-6-4-5-15(13-17)24(30)28-12-11-21(19-10-9-16(25)14-22(19)28)27-23(29)18-7-2-3-8-20(18)26/h2-10,13-14,21H,11-12H2,1H3,(H,27,29). The number of anilines is 1. The number of hydrogen-bond acceptors (Lipinski definition) is 3. The number of methoxy groups -OCH3 is 1. The summed E-state index contributed by atoms with van der Waals surface area (Å²) in [5.74, 6) is 0.196.